The molecule has 0 radical (unpaired) electrons. The Labute approximate surface area is 178 Å². The summed E-state index contributed by atoms with van der Waals surface area (Å²) in [7, 11) is -1.82. The second-order valence-electron chi connectivity index (χ2n) is 8.12. The van der Waals surface area contributed by atoms with Gasteiger partial charge in [-0.25, -0.2) is 8.42 Å². The number of halogens is 2. The molecule has 8 heteroatoms. The van der Waals surface area contributed by atoms with Crippen molar-refractivity contribution in [2.45, 2.75) is 56.4 Å². The van der Waals surface area contributed by atoms with E-state index in [0.29, 0.717) is 37.0 Å². The Morgan fingerprint density at radius 3 is 2.29 bits per heavy atom. The van der Waals surface area contributed by atoms with Gasteiger partial charge in [0.15, 0.2) is 0 Å². The first-order chi connectivity index (χ1) is 13.2. The van der Waals surface area contributed by atoms with Gasteiger partial charge in [-0.05, 0) is 62.6 Å². The number of carbonyl (C=O) groups is 1. The van der Waals surface area contributed by atoms with Crippen molar-refractivity contribution in [3.63, 3.8) is 0 Å². The Hall–Kier alpha value is -0.820. The van der Waals surface area contributed by atoms with E-state index in [-0.39, 0.29) is 21.7 Å². The van der Waals surface area contributed by atoms with E-state index >= 15 is 0 Å². The van der Waals surface area contributed by atoms with Crippen molar-refractivity contribution in [2.24, 2.45) is 11.8 Å². The number of rotatable bonds is 4. The van der Waals surface area contributed by atoms with E-state index in [0.717, 1.165) is 18.8 Å². The number of nitrogens with zero attached hydrogens (tertiary/aromatic N) is 2. The first-order valence-electron chi connectivity index (χ1n) is 9.92. The van der Waals surface area contributed by atoms with Crippen LogP contribution in [0.25, 0.3) is 0 Å². The van der Waals surface area contributed by atoms with Gasteiger partial charge in [0.05, 0.1) is 5.02 Å². The van der Waals surface area contributed by atoms with Crippen molar-refractivity contribution >= 4 is 39.1 Å². The Morgan fingerprint density at radius 1 is 1.07 bits per heavy atom. The number of benzene rings is 1. The van der Waals surface area contributed by atoms with Crippen LogP contribution in [0.1, 0.15) is 45.4 Å². The smallest absolute Gasteiger partial charge is 0.244 e. The van der Waals surface area contributed by atoms with Gasteiger partial charge in [-0.3, -0.25) is 4.79 Å². The zero-order chi connectivity index (χ0) is 20.5. The molecule has 1 amide bonds. The lowest BCUT2D eigenvalue weighted by molar-refractivity contribution is -0.138. The molecule has 2 aliphatic rings. The van der Waals surface area contributed by atoms with Gasteiger partial charge in [-0.1, -0.05) is 30.1 Å². The van der Waals surface area contributed by atoms with E-state index in [1.54, 1.807) is 6.07 Å². The molecular formula is C20H28Cl2N2O3S. The van der Waals surface area contributed by atoms with Crippen LogP contribution in [0.2, 0.25) is 10.0 Å². The molecule has 1 aromatic carbocycles. The molecule has 0 N–H and O–H groups in total. The van der Waals surface area contributed by atoms with Gasteiger partial charge >= 0.3 is 0 Å². The minimum absolute atomic E-state index is 0.0277. The summed E-state index contributed by atoms with van der Waals surface area (Å²) in [5.41, 5.74) is 0. The molecule has 5 nitrogen and oxygen atoms in total. The van der Waals surface area contributed by atoms with Crippen molar-refractivity contribution in [3.8, 4) is 0 Å². The van der Waals surface area contributed by atoms with Crippen LogP contribution in [0.15, 0.2) is 23.1 Å². The van der Waals surface area contributed by atoms with Crippen molar-refractivity contribution in [2.75, 3.05) is 20.1 Å². The first kappa shape index (κ1) is 21.9. The van der Waals surface area contributed by atoms with Crippen LogP contribution >= 0.6 is 23.2 Å². The predicted octanol–water partition coefficient (Wildman–Crippen LogP) is 4.43. The summed E-state index contributed by atoms with van der Waals surface area (Å²) in [6, 6.07) is 4.76. The molecule has 0 aromatic heterocycles. The van der Waals surface area contributed by atoms with E-state index in [9.17, 15) is 13.2 Å². The van der Waals surface area contributed by atoms with Crippen LogP contribution in [-0.2, 0) is 14.8 Å². The lowest BCUT2D eigenvalue weighted by Crippen LogP contribution is -2.46. The topological polar surface area (TPSA) is 57.7 Å². The number of hydrogen-bond acceptors (Lipinski definition) is 3. The van der Waals surface area contributed by atoms with Crippen LogP contribution in [0.5, 0.6) is 0 Å². The Kier molecular flexibility index (Phi) is 6.96. The fourth-order valence-corrected chi connectivity index (χ4v) is 6.46. The maximum Gasteiger partial charge on any atom is 0.244 e. The summed E-state index contributed by atoms with van der Waals surface area (Å²) in [6.45, 7) is 2.90. The Balaban J connectivity index is 1.62. The molecule has 0 unspecified atom stereocenters. The molecule has 2 fully saturated rings. The number of hydrogen-bond donors (Lipinski definition) is 0. The average molecular weight is 447 g/mol. The summed E-state index contributed by atoms with van der Waals surface area (Å²) < 4.78 is 27.3. The minimum atomic E-state index is -3.72. The van der Waals surface area contributed by atoms with Gasteiger partial charge in [0, 0.05) is 37.1 Å². The minimum Gasteiger partial charge on any atom is -0.343 e. The van der Waals surface area contributed by atoms with Gasteiger partial charge in [-0.15, -0.1) is 0 Å². The van der Waals surface area contributed by atoms with Crippen molar-refractivity contribution in [1.82, 2.24) is 9.21 Å². The fourth-order valence-electron chi connectivity index (χ4n) is 4.25. The highest BCUT2D eigenvalue weighted by Crippen LogP contribution is 2.32. The summed E-state index contributed by atoms with van der Waals surface area (Å²) in [6.07, 6.45) is 5.51. The van der Waals surface area contributed by atoms with Crippen molar-refractivity contribution < 1.29 is 13.2 Å². The molecule has 1 aliphatic heterocycles. The van der Waals surface area contributed by atoms with E-state index in [4.69, 9.17) is 23.2 Å². The Morgan fingerprint density at radius 2 is 1.68 bits per heavy atom. The number of piperidine rings is 1. The lowest BCUT2D eigenvalue weighted by Gasteiger charge is -2.37. The van der Waals surface area contributed by atoms with E-state index in [1.807, 2.05) is 11.9 Å². The fraction of sp³-hybridized carbons (Fsp3) is 0.650. The monoisotopic (exact) mass is 446 g/mol. The standard InChI is InChI=1S/C20H28Cl2N2O3S/c1-14-3-6-17(7-4-14)23(2)20(25)15-9-11-24(12-10-15)28(26,27)19-13-16(21)5-8-18(19)22/h5,8,13-15,17H,3-4,6-7,9-12H2,1-2H3. The highest BCUT2D eigenvalue weighted by atomic mass is 35.5. The van der Waals surface area contributed by atoms with Gasteiger partial charge in [0.2, 0.25) is 15.9 Å². The normalized spacial score (nSPS) is 24.9. The third-order valence-electron chi connectivity index (χ3n) is 6.19. The van der Waals surface area contributed by atoms with E-state index in [2.05, 4.69) is 6.92 Å². The molecule has 0 spiro atoms. The second kappa shape index (κ2) is 8.90. The van der Waals surface area contributed by atoms with Gasteiger partial charge in [0.1, 0.15) is 4.90 Å². The van der Waals surface area contributed by atoms with Gasteiger partial charge < -0.3 is 4.90 Å². The second-order valence-corrected chi connectivity index (χ2v) is 10.9. The van der Waals surface area contributed by atoms with Crippen LogP contribution in [0, 0.1) is 11.8 Å². The van der Waals surface area contributed by atoms with Crippen molar-refractivity contribution in [3.05, 3.63) is 28.2 Å². The van der Waals surface area contributed by atoms with Gasteiger partial charge in [0.25, 0.3) is 0 Å². The molecule has 3 rings (SSSR count). The maximum atomic E-state index is 12.9. The van der Waals surface area contributed by atoms with Crippen LogP contribution in [0.3, 0.4) is 0 Å². The molecule has 156 valence electrons. The van der Waals surface area contributed by atoms with Crippen molar-refractivity contribution in [1.29, 1.82) is 0 Å². The summed E-state index contributed by atoms with van der Waals surface area (Å²) in [5, 5.41) is 0.491. The third-order valence-corrected chi connectivity index (χ3v) is 8.81. The molecule has 1 aromatic rings. The SMILES string of the molecule is CC1CCC(N(C)C(=O)C2CCN(S(=O)(=O)c3cc(Cl)ccc3Cl)CC2)CC1. The highest BCUT2D eigenvalue weighted by Gasteiger charge is 2.35. The first-order valence-corrected chi connectivity index (χ1v) is 12.1. The van der Waals surface area contributed by atoms with Crippen LogP contribution in [0.4, 0.5) is 0 Å². The van der Waals surface area contributed by atoms with E-state index in [1.165, 1.54) is 29.3 Å². The quantitative estimate of drug-likeness (QED) is 0.686. The molecule has 1 saturated carbocycles. The number of carbonyl (C=O) groups excluding carboxylic acids is 1. The number of sulfonamides is 1. The molecule has 0 atom stereocenters. The largest absolute Gasteiger partial charge is 0.343 e. The molecule has 1 saturated heterocycles. The molecule has 1 heterocycles. The predicted molar refractivity (Wildman–Crippen MR) is 112 cm³/mol. The summed E-state index contributed by atoms with van der Waals surface area (Å²) in [5.74, 6) is 0.773. The summed E-state index contributed by atoms with van der Waals surface area (Å²) >= 11 is 12.0. The zero-order valence-corrected chi connectivity index (χ0v) is 18.7. The Bertz CT molecular complexity index is 815. The van der Waals surface area contributed by atoms with E-state index < -0.39 is 10.0 Å². The summed E-state index contributed by atoms with van der Waals surface area (Å²) in [4.78, 5) is 14.9. The third kappa shape index (κ3) is 4.66. The highest BCUT2D eigenvalue weighted by molar-refractivity contribution is 7.89. The number of amides is 1. The molecule has 0 bridgehead atoms. The van der Waals surface area contributed by atoms with Crippen LogP contribution < -0.4 is 0 Å². The zero-order valence-electron chi connectivity index (χ0n) is 16.4. The maximum absolute atomic E-state index is 12.9. The van der Waals surface area contributed by atoms with Gasteiger partial charge in [-0.2, -0.15) is 4.31 Å². The average Bonchev–Trinajstić information content (AvgIpc) is 2.69. The molecular weight excluding hydrogens is 419 g/mol. The van der Waals surface area contributed by atoms with Crippen LogP contribution in [-0.4, -0.2) is 49.7 Å². The molecule has 28 heavy (non-hydrogen) atoms. The lowest BCUT2D eigenvalue weighted by atomic mass is 9.86. The molecule has 1 aliphatic carbocycles.